The number of rotatable bonds is 8. The Labute approximate surface area is 180 Å². The maximum atomic E-state index is 14.8. The molecule has 0 amide bonds. The summed E-state index contributed by atoms with van der Waals surface area (Å²) in [7, 11) is 0. The SMILES string of the molecule is C[C@H](c1ccccc1)N1CC[C@](CF)(N(Cc2ccccc2)Cc2ccccc2)C1. The predicted molar refractivity (Wildman–Crippen MR) is 122 cm³/mol. The molecule has 0 aromatic heterocycles. The summed E-state index contributed by atoms with van der Waals surface area (Å²) in [5, 5.41) is 0. The molecular weight excluding hydrogens is 371 g/mol. The molecular formula is C27H31FN2. The molecule has 0 saturated carbocycles. The second-order valence-electron chi connectivity index (χ2n) is 8.49. The number of halogens is 1. The zero-order valence-electron chi connectivity index (χ0n) is 17.8. The van der Waals surface area contributed by atoms with E-state index in [4.69, 9.17) is 0 Å². The van der Waals surface area contributed by atoms with Gasteiger partial charge in [0.15, 0.2) is 0 Å². The maximum Gasteiger partial charge on any atom is 0.109 e. The van der Waals surface area contributed by atoms with Crippen LogP contribution in [0.25, 0.3) is 0 Å². The summed E-state index contributed by atoms with van der Waals surface area (Å²) >= 11 is 0. The molecule has 1 heterocycles. The highest BCUT2D eigenvalue weighted by molar-refractivity contribution is 5.21. The van der Waals surface area contributed by atoms with Gasteiger partial charge in [0.2, 0.25) is 0 Å². The van der Waals surface area contributed by atoms with Gasteiger partial charge in [-0.05, 0) is 30.0 Å². The average molecular weight is 403 g/mol. The molecule has 3 heteroatoms. The Morgan fingerprint density at radius 3 is 1.83 bits per heavy atom. The Bertz CT molecular complexity index is 858. The first kappa shape index (κ1) is 20.8. The van der Waals surface area contributed by atoms with Crippen molar-refractivity contribution in [1.29, 1.82) is 0 Å². The van der Waals surface area contributed by atoms with Crippen molar-refractivity contribution >= 4 is 0 Å². The lowest BCUT2D eigenvalue weighted by molar-refractivity contribution is 0.0478. The molecule has 3 aromatic rings. The molecule has 1 aliphatic rings. The van der Waals surface area contributed by atoms with Crippen molar-refractivity contribution in [2.24, 2.45) is 0 Å². The van der Waals surface area contributed by atoms with Crippen LogP contribution in [-0.4, -0.2) is 35.1 Å². The third-order valence-corrected chi connectivity index (χ3v) is 6.54. The van der Waals surface area contributed by atoms with E-state index in [0.29, 0.717) is 0 Å². The quantitative estimate of drug-likeness (QED) is 0.465. The summed E-state index contributed by atoms with van der Waals surface area (Å²) in [6.07, 6.45) is 0.848. The van der Waals surface area contributed by atoms with E-state index in [0.717, 1.165) is 32.6 Å². The van der Waals surface area contributed by atoms with Crippen molar-refractivity contribution in [3.8, 4) is 0 Å². The molecule has 2 atom stereocenters. The number of hydrogen-bond donors (Lipinski definition) is 0. The fourth-order valence-electron chi connectivity index (χ4n) is 4.61. The molecule has 0 bridgehead atoms. The van der Waals surface area contributed by atoms with Gasteiger partial charge < -0.3 is 0 Å². The highest BCUT2D eigenvalue weighted by Gasteiger charge is 2.44. The smallest absolute Gasteiger partial charge is 0.109 e. The van der Waals surface area contributed by atoms with E-state index in [-0.39, 0.29) is 12.7 Å². The van der Waals surface area contributed by atoms with E-state index < -0.39 is 5.54 Å². The molecule has 0 spiro atoms. The van der Waals surface area contributed by atoms with E-state index in [1.54, 1.807) is 0 Å². The van der Waals surface area contributed by atoms with Crippen molar-refractivity contribution in [2.45, 2.75) is 38.0 Å². The van der Waals surface area contributed by atoms with Gasteiger partial charge in [0.1, 0.15) is 6.67 Å². The van der Waals surface area contributed by atoms with Gasteiger partial charge in [0.05, 0.1) is 5.54 Å². The molecule has 1 fully saturated rings. The van der Waals surface area contributed by atoms with E-state index in [2.05, 4.69) is 89.5 Å². The van der Waals surface area contributed by atoms with Crippen molar-refractivity contribution < 1.29 is 4.39 Å². The first-order valence-electron chi connectivity index (χ1n) is 10.9. The van der Waals surface area contributed by atoms with Crippen molar-refractivity contribution in [3.05, 3.63) is 108 Å². The minimum absolute atomic E-state index is 0.287. The Hall–Kier alpha value is -2.49. The first-order chi connectivity index (χ1) is 14.7. The highest BCUT2D eigenvalue weighted by atomic mass is 19.1. The van der Waals surface area contributed by atoms with Crippen LogP contribution in [0.4, 0.5) is 4.39 Å². The van der Waals surface area contributed by atoms with Crippen LogP contribution >= 0.6 is 0 Å². The number of likely N-dealkylation sites (tertiary alicyclic amines) is 1. The van der Waals surface area contributed by atoms with Crippen LogP contribution < -0.4 is 0 Å². The van der Waals surface area contributed by atoms with Gasteiger partial charge >= 0.3 is 0 Å². The van der Waals surface area contributed by atoms with E-state index >= 15 is 0 Å². The molecule has 3 aromatic carbocycles. The minimum atomic E-state index is -0.464. The zero-order valence-corrected chi connectivity index (χ0v) is 17.8. The van der Waals surface area contributed by atoms with Crippen LogP contribution in [0.5, 0.6) is 0 Å². The van der Waals surface area contributed by atoms with Crippen LogP contribution in [-0.2, 0) is 13.1 Å². The van der Waals surface area contributed by atoms with E-state index in [1.165, 1.54) is 16.7 Å². The van der Waals surface area contributed by atoms with Gasteiger partial charge in [0, 0.05) is 32.2 Å². The van der Waals surface area contributed by atoms with Gasteiger partial charge in [-0.2, -0.15) is 0 Å². The molecule has 156 valence electrons. The first-order valence-corrected chi connectivity index (χ1v) is 10.9. The van der Waals surface area contributed by atoms with Crippen molar-refractivity contribution in [3.63, 3.8) is 0 Å². The molecule has 30 heavy (non-hydrogen) atoms. The topological polar surface area (TPSA) is 6.48 Å². The Kier molecular flexibility index (Phi) is 6.61. The van der Waals surface area contributed by atoms with Crippen LogP contribution in [0.15, 0.2) is 91.0 Å². The monoisotopic (exact) mass is 402 g/mol. The predicted octanol–water partition coefficient (Wildman–Crippen LogP) is 5.86. The van der Waals surface area contributed by atoms with Gasteiger partial charge in [-0.1, -0.05) is 91.0 Å². The molecule has 1 saturated heterocycles. The maximum absolute atomic E-state index is 14.8. The Morgan fingerprint density at radius 2 is 1.33 bits per heavy atom. The summed E-state index contributed by atoms with van der Waals surface area (Å²) < 4.78 is 14.8. The summed E-state index contributed by atoms with van der Waals surface area (Å²) in [4.78, 5) is 4.81. The summed E-state index contributed by atoms with van der Waals surface area (Å²) in [5.74, 6) is 0. The number of alkyl halides is 1. The number of hydrogen-bond acceptors (Lipinski definition) is 2. The fraction of sp³-hybridized carbons (Fsp3) is 0.333. The highest BCUT2D eigenvalue weighted by Crippen LogP contribution is 2.36. The normalized spacial score (nSPS) is 20.5. The largest absolute Gasteiger partial charge is 0.295 e. The second-order valence-corrected chi connectivity index (χ2v) is 8.49. The fourth-order valence-corrected chi connectivity index (χ4v) is 4.61. The van der Waals surface area contributed by atoms with Crippen LogP contribution in [0, 0.1) is 0 Å². The molecule has 0 aliphatic carbocycles. The van der Waals surface area contributed by atoms with Crippen molar-refractivity contribution in [1.82, 2.24) is 9.80 Å². The van der Waals surface area contributed by atoms with Gasteiger partial charge in [-0.15, -0.1) is 0 Å². The van der Waals surface area contributed by atoms with E-state index in [1.807, 2.05) is 18.2 Å². The summed E-state index contributed by atoms with van der Waals surface area (Å²) in [5.41, 5.74) is 3.30. The second kappa shape index (κ2) is 9.55. The number of nitrogens with zero attached hydrogens (tertiary/aromatic N) is 2. The molecule has 2 nitrogen and oxygen atoms in total. The van der Waals surface area contributed by atoms with Gasteiger partial charge in [-0.25, -0.2) is 4.39 Å². The summed E-state index contributed by atoms with van der Waals surface area (Å²) in [6, 6.07) is 31.8. The molecule has 1 aliphatic heterocycles. The average Bonchev–Trinajstić information content (AvgIpc) is 3.26. The third-order valence-electron chi connectivity index (χ3n) is 6.54. The molecule has 0 radical (unpaired) electrons. The standard InChI is InChI=1S/C27H31FN2/c1-23(26-15-9-4-10-16-26)29-18-17-27(21-28,22-29)30(19-24-11-5-2-6-12-24)20-25-13-7-3-8-14-25/h2-16,23H,17-22H2,1H3/t23-,27-/m1/s1. The summed E-state index contributed by atoms with van der Waals surface area (Å²) in [6.45, 7) is 5.09. The Morgan fingerprint density at radius 1 is 0.833 bits per heavy atom. The Balaban J connectivity index is 1.58. The van der Waals surface area contributed by atoms with Crippen LogP contribution in [0.1, 0.15) is 36.1 Å². The molecule has 0 N–H and O–H groups in total. The molecule has 4 rings (SSSR count). The lowest BCUT2D eigenvalue weighted by Crippen LogP contribution is -2.51. The lowest BCUT2D eigenvalue weighted by atomic mass is 9.95. The van der Waals surface area contributed by atoms with Crippen molar-refractivity contribution in [2.75, 3.05) is 19.8 Å². The number of benzene rings is 3. The minimum Gasteiger partial charge on any atom is -0.295 e. The van der Waals surface area contributed by atoms with Gasteiger partial charge in [0.25, 0.3) is 0 Å². The van der Waals surface area contributed by atoms with E-state index in [9.17, 15) is 4.39 Å². The van der Waals surface area contributed by atoms with Crippen LogP contribution in [0.3, 0.4) is 0 Å². The van der Waals surface area contributed by atoms with Gasteiger partial charge in [-0.3, -0.25) is 9.80 Å². The van der Waals surface area contributed by atoms with Crippen LogP contribution in [0.2, 0.25) is 0 Å². The zero-order chi connectivity index (χ0) is 20.8. The lowest BCUT2D eigenvalue weighted by Gasteiger charge is -2.40. The molecule has 0 unspecified atom stereocenters. The third kappa shape index (κ3) is 4.63.